The summed E-state index contributed by atoms with van der Waals surface area (Å²) < 4.78 is 19.8. The molecule has 6 heteroatoms. The lowest BCUT2D eigenvalue weighted by molar-refractivity contribution is -0.149. The molecule has 0 rings (SSSR count). The summed E-state index contributed by atoms with van der Waals surface area (Å²) in [5.74, 6) is -0.877. The van der Waals surface area contributed by atoms with Crippen LogP contribution in [0.1, 0.15) is 32.6 Å². The van der Waals surface area contributed by atoms with Crippen molar-refractivity contribution in [1.29, 1.82) is 0 Å². The molecule has 1 unspecified atom stereocenters. The van der Waals surface area contributed by atoms with E-state index in [9.17, 15) is 9.59 Å². The molecule has 0 spiro atoms. The Morgan fingerprint density at radius 2 is 1.45 bits per heavy atom. The van der Waals surface area contributed by atoms with Gasteiger partial charge >= 0.3 is 11.9 Å². The van der Waals surface area contributed by atoms with Crippen molar-refractivity contribution in [3.8, 4) is 0 Å². The van der Waals surface area contributed by atoms with E-state index in [0.29, 0.717) is 45.7 Å². The van der Waals surface area contributed by atoms with Crippen molar-refractivity contribution in [2.75, 3.05) is 40.6 Å². The first kappa shape index (κ1) is 18.9. The minimum Gasteiger partial charge on any atom is -0.466 e. The topological polar surface area (TPSA) is 71.1 Å². The SMILES string of the molecule is COCCCOC(=O)CCC(C)C(=O)OCCCOC. The van der Waals surface area contributed by atoms with Gasteiger partial charge in [0.15, 0.2) is 0 Å². The van der Waals surface area contributed by atoms with Gasteiger partial charge in [-0.2, -0.15) is 0 Å². The smallest absolute Gasteiger partial charge is 0.308 e. The molecule has 0 aromatic heterocycles. The largest absolute Gasteiger partial charge is 0.466 e. The maximum Gasteiger partial charge on any atom is 0.308 e. The van der Waals surface area contributed by atoms with Gasteiger partial charge in [-0.3, -0.25) is 9.59 Å². The average Bonchev–Trinajstić information content (AvgIpc) is 2.45. The monoisotopic (exact) mass is 290 g/mol. The minimum absolute atomic E-state index is 0.224. The number of rotatable bonds is 12. The lowest BCUT2D eigenvalue weighted by Crippen LogP contribution is -2.18. The van der Waals surface area contributed by atoms with Crippen LogP contribution in [0.25, 0.3) is 0 Å². The van der Waals surface area contributed by atoms with Crippen LogP contribution in [0, 0.1) is 5.92 Å². The molecule has 0 fully saturated rings. The van der Waals surface area contributed by atoms with Gasteiger partial charge in [0.2, 0.25) is 0 Å². The number of hydrogen-bond donors (Lipinski definition) is 0. The summed E-state index contributed by atoms with van der Waals surface area (Å²) >= 11 is 0. The van der Waals surface area contributed by atoms with Gasteiger partial charge in [0.05, 0.1) is 19.1 Å². The van der Waals surface area contributed by atoms with Gasteiger partial charge < -0.3 is 18.9 Å². The van der Waals surface area contributed by atoms with E-state index in [1.807, 2.05) is 0 Å². The molecule has 118 valence electrons. The van der Waals surface area contributed by atoms with Crippen molar-refractivity contribution in [3.05, 3.63) is 0 Å². The molecule has 20 heavy (non-hydrogen) atoms. The van der Waals surface area contributed by atoms with Gasteiger partial charge in [0, 0.05) is 46.7 Å². The molecule has 0 saturated carbocycles. The van der Waals surface area contributed by atoms with Gasteiger partial charge in [-0.05, 0) is 6.42 Å². The number of hydrogen-bond acceptors (Lipinski definition) is 6. The fraction of sp³-hybridized carbons (Fsp3) is 0.857. The van der Waals surface area contributed by atoms with Crippen molar-refractivity contribution in [1.82, 2.24) is 0 Å². The average molecular weight is 290 g/mol. The van der Waals surface area contributed by atoms with Crippen LogP contribution < -0.4 is 0 Å². The van der Waals surface area contributed by atoms with E-state index in [2.05, 4.69) is 0 Å². The molecule has 6 nitrogen and oxygen atoms in total. The van der Waals surface area contributed by atoms with E-state index in [-0.39, 0.29) is 24.3 Å². The van der Waals surface area contributed by atoms with Crippen LogP contribution in [0.5, 0.6) is 0 Å². The second-order valence-corrected chi connectivity index (χ2v) is 4.52. The number of methoxy groups -OCH3 is 2. The number of ether oxygens (including phenoxy) is 4. The van der Waals surface area contributed by atoms with Crippen molar-refractivity contribution < 1.29 is 28.5 Å². The van der Waals surface area contributed by atoms with Crippen LogP contribution in [0.2, 0.25) is 0 Å². The minimum atomic E-state index is -0.302. The molecule has 0 bridgehead atoms. The Morgan fingerprint density at radius 1 is 0.900 bits per heavy atom. The number of carbonyl (C=O) groups is 2. The Balaban J connectivity index is 3.61. The van der Waals surface area contributed by atoms with Crippen LogP contribution >= 0.6 is 0 Å². The zero-order valence-corrected chi connectivity index (χ0v) is 12.7. The van der Waals surface area contributed by atoms with Crippen molar-refractivity contribution in [2.24, 2.45) is 5.92 Å². The maximum atomic E-state index is 11.6. The van der Waals surface area contributed by atoms with Gasteiger partial charge in [-0.15, -0.1) is 0 Å². The summed E-state index contributed by atoms with van der Waals surface area (Å²) in [6.45, 7) is 3.57. The predicted molar refractivity (Wildman–Crippen MR) is 73.3 cm³/mol. The molecule has 0 aliphatic carbocycles. The molecule has 0 aromatic rings. The number of carbonyl (C=O) groups excluding carboxylic acids is 2. The normalized spacial score (nSPS) is 11.9. The first-order valence-electron chi connectivity index (χ1n) is 6.92. The second kappa shape index (κ2) is 12.9. The van der Waals surface area contributed by atoms with Crippen molar-refractivity contribution >= 4 is 11.9 Å². The van der Waals surface area contributed by atoms with Crippen molar-refractivity contribution in [2.45, 2.75) is 32.6 Å². The van der Waals surface area contributed by atoms with E-state index < -0.39 is 0 Å². The van der Waals surface area contributed by atoms with Crippen LogP contribution in [-0.4, -0.2) is 52.6 Å². The fourth-order valence-corrected chi connectivity index (χ4v) is 1.43. The van der Waals surface area contributed by atoms with Crippen LogP contribution in [-0.2, 0) is 28.5 Å². The first-order chi connectivity index (χ1) is 9.61. The molecular weight excluding hydrogens is 264 g/mol. The quantitative estimate of drug-likeness (QED) is 0.401. The lowest BCUT2D eigenvalue weighted by Gasteiger charge is -2.11. The van der Waals surface area contributed by atoms with E-state index in [1.165, 1.54) is 0 Å². The zero-order chi connectivity index (χ0) is 15.2. The highest BCUT2D eigenvalue weighted by atomic mass is 16.5. The van der Waals surface area contributed by atoms with Gasteiger partial charge in [0.25, 0.3) is 0 Å². The molecule has 0 radical (unpaired) electrons. The molecular formula is C14H26O6. The van der Waals surface area contributed by atoms with Gasteiger partial charge in [0.1, 0.15) is 0 Å². The van der Waals surface area contributed by atoms with Crippen LogP contribution in [0.4, 0.5) is 0 Å². The maximum absolute atomic E-state index is 11.6. The van der Waals surface area contributed by atoms with Crippen molar-refractivity contribution in [3.63, 3.8) is 0 Å². The standard InChI is InChI=1S/C14H26O6/c1-12(14(16)20-11-5-9-18-3)6-7-13(15)19-10-4-8-17-2/h12H,4-11H2,1-3H3. The highest BCUT2D eigenvalue weighted by molar-refractivity contribution is 5.74. The third kappa shape index (κ3) is 10.8. The third-order valence-corrected chi connectivity index (χ3v) is 2.68. The summed E-state index contributed by atoms with van der Waals surface area (Å²) in [4.78, 5) is 23.0. The number of esters is 2. The lowest BCUT2D eigenvalue weighted by atomic mass is 10.1. The summed E-state index contributed by atoms with van der Waals surface area (Å²) in [6, 6.07) is 0. The van der Waals surface area contributed by atoms with E-state index in [4.69, 9.17) is 18.9 Å². The molecule has 1 atom stereocenters. The molecule has 0 aliphatic heterocycles. The molecule has 0 saturated heterocycles. The van der Waals surface area contributed by atoms with E-state index in [0.717, 1.165) is 0 Å². The van der Waals surface area contributed by atoms with Crippen LogP contribution in [0.15, 0.2) is 0 Å². The fourth-order valence-electron chi connectivity index (χ4n) is 1.43. The summed E-state index contributed by atoms with van der Waals surface area (Å²) in [5, 5.41) is 0. The summed E-state index contributed by atoms with van der Waals surface area (Å²) in [7, 11) is 3.20. The Kier molecular flexibility index (Phi) is 12.1. The Labute approximate surface area is 120 Å². The predicted octanol–water partition coefficient (Wildman–Crippen LogP) is 1.56. The van der Waals surface area contributed by atoms with Crippen LogP contribution in [0.3, 0.4) is 0 Å². The Hall–Kier alpha value is -1.14. The zero-order valence-electron chi connectivity index (χ0n) is 12.7. The van der Waals surface area contributed by atoms with E-state index >= 15 is 0 Å². The first-order valence-corrected chi connectivity index (χ1v) is 6.92. The highest BCUT2D eigenvalue weighted by Gasteiger charge is 2.16. The third-order valence-electron chi connectivity index (χ3n) is 2.68. The summed E-state index contributed by atoms with van der Waals surface area (Å²) in [5.41, 5.74) is 0. The summed E-state index contributed by atoms with van der Waals surface area (Å²) in [6.07, 6.45) is 2.02. The Morgan fingerprint density at radius 3 is 2.00 bits per heavy atom. The highest BCUT2D eigenvalue weighted by Crippen LogP contribution is 2.09. The second-order valence-electron chi connectivity index (χ2n) is 4.52. The Bertz CT molecular complexity index is 266. The molecule has 0 aromatic carbocycles. The van der Waals surface area contributed by atoms with Gasteiger partial charge in [-0.25, -0.2) is 0 Å². The molecule has 0 N–H and O–H groups in total. The van der Waals surface area contributed by atoms with Gasteiger partial charge in [-0.1, -0.05) is 6.92 Å². The molecule has 0 aliphatic rings. The molecule has 0 amide bonds. The molecule has 0 heterocycles. The van der Waals surface area contributed by atoms with E-state index in [1.54, 1.807) is 21.1 Å².